The highest BCUT2D eigenvalue weighted by Crippen LogP contribution is 2.10. The van der Waals surface area contributed by atoms with Gasteiger partial charge in [0.25, 0.3) is 5.91 Å². The molecule has 4 nitrogen and oxygen atoms in total. The Morgan fingerprint density at radius 3 is 2.42 bits per heavy atom. The largest absolute Gasteiger partial charge is 0.436 e. The van der Waals surface area contributed by atoms with E-state index in [2.05, 4.69) is 10.3 Å². The van der Waals surface area contributed by atoms with Gasteiger partial charge in [-0.15, -0.1) is 11.6 Å². The first-order valence-corrected chi connectivity index (χ1v) is 6.49. The highest BCUT2D eigenvalue weighted by Gasteiger charge is 2.15. The third kappa shape index (κ3) is 3.35. The van der Waals surface area contributed by atoms with Gasteiger partial charge in [0.15, 0.2) is 5.89 Å². The number of benzene rings is 1. The number of halogens is 1. The summed E-state index contributed by atoms with van der Waals surface area (Å²) in [5.74, 6) is 1.01. The molecule has 0 unspecified atom stereocenters. The van der Waals surface area contributed by atoms with Gasteiger partial charge in [0.05, 0.1) is 5.69 Å². The summed E-state index contributed by atoms with van der Waals surface area (Å²) in [7, 11) is 0. The highest BCUT2D eigenvalue weighted by atomic mass is 35.5. The van der Waals surface area contributed by atoms with Crippen molar-refractivity contribution < 1.29 is 9.21 Å². The van der Waals surface area contributed by atoms with E-state index in [0.717, 1.165) is 11.1 Å². The van der Waals surface area contributed by atoms with Gasteiger partial charge in [0, 0.05) is 19.3 Å². The molecule has 19 heavy (non-hydrogen) atoms. The van der Waals surface area contributed by atoms with Crippen molar-refractivity contribution in [2.75, 3.05) is 0 Å². The minimum Gasteiger partial charge on any atom is -0.436 e. The number of carbonyl (C=O) groups excluding carboxylic acids is 1. The molecule has 1 N–H and O–H groups in total. The average molecular weight is 279 g/mol. The van der Waals surface area contributed by atoms with Crippen LogP contribution >= 0.6 is 11.6 Å². The second-order valence-electron chi connectivity index (χ2n) is 4.28. The van der Waals surface area contributed by atoms with E-state index in [0.29, 0.717) is 24.0 Å². The monoisotopic (exact) mass is 278 g/mol. The fraction of sp³-hybridized carbons (Fsp3) is 0.286. The maximum Gasteiger partial charge on any atom is 0.289 e. The third-order valence-electron chi connectivity index (χ3n) is 2.74. The number of nitrogens with zero attached hydrogens (tertiary/aromatic N) is 1. The zero-order valence-electron chi connectivity index (χ0n) is 10.9. The molecule has 0 aliphatic carbocycles. The van der Waals surface area contributed by atoms with Gasteiger partial charge in [-0.05, 0) is 18.1 Å². The normalized spacial score (nSPS) is 10.5. The standard InChI is InChI=1S/C14H15ClN2O2/c1-9-13(19-10(2)17-9)14(18)16-8-12-5-3-11(7-15)4-6-12/h3-6H,7-8H2,1-2H3,(H,16,18). The quantitative estimate of drug-likeness (QED) is 0.875. The molecule has 0 saturated carbocycles. The van der Waals surface area contributed by atoms with Gasteiger partial charge in [-0.2, -0.15) is 0 Å². The number of carbonyl (C=O) groups is 1. The number of aryl methyl sites for hydroxylation is 2. The van der Waals surface area contributed by atoms with E-state index < -0.39 is 0 Å². The molecule has 0 saturated heterocycles. The van der Waals surface area contributed by atoms with Crippen LogP contribution in [0.4, 0.5) is 0 Å². The Morgan fingerprint density at radius 2 is 1.89 bits per heavy atom. The molecule has 5 heteroatoms. The van der Waals surface area contributed by atoms with Crippen LogP contribution in [-0.2, 0) is 12.4 Å². The van der Waals surface area contributed by atoms with Crippen LogP contribution in [-0.4, -0.2) is 10.9 Å². The number of nitrogens with one attached hydrogen (secondary N) is 1. The Morgan fingerprint density at radius 1 is 1.26 bits per heavy atom. The molecule has 0 aliphatic rings. The molecule has 1 amide bonds. The molecule has 100 valence electrons. The molecule has 0 radical (unpaired) electrons. The molecule has 2 rings (SSSR count). The highest BCUT2D eigenvalue weighted by molar-refractivity contribution is 6.17. The summed E-state index contributed by atoms with van der Waals surface area (Å²) in [6.07, 6.45) is 0. The number of hydrogen-bond acceptors (Lipinski definition) is 3. The Hall–Kier alpha value is -1.81. The van der Waals surface area contributed by atoms with Crippen LogP contribution in [0.25, 0.3) is 0 Å². The number of alkyl halides is 1. The van der Waals surface area contributed by atoms with Gasteiger partial charge in [-0.1, -0.05) is 24.3 Å². The molecular formula is C14H15ClN2O2. The minimum absolute atomic E-state index is 0.250. The van der Waals surface area contributed by atoms with Crippen LogP contribution in [0.1, 0.15) is 33.3 Å². The zero-order chi connectivity index (χ0) is 13.8. The van der Waals surface area contributed by atoms with Crippen LogP contribution in [0.2, 0.25) is 0 Å². The van der Waals surface area contributed by atoms with Gasteiger partial charge >= 0.3 is 0 Å². The summed E-state index contributed by atoms with van der Waals surface area (Å²) in [5.41, 5.74) is 2.67. The Labute approximate surface area is 116 Å². The smallest absolute Gasteiger partial charge is 0.289 e. The maximum atomic E-state index is 11.9. The van der Waals surface area contributed by atoms with E-state index in [1.54, 1.807) is 13.8 Å². The Balaban J connectivity index is 1.98. The Kier molecular flexibility index (Phi) is 4.22. The number of hydrogen-bond donors (Lipinski definition) is 1. The molecule has 2 aromatic rings. The average Bonchev–Trinajstić information content (AvgIpc) is 2.75. The van der Waals surface area contributed by atoms with Crippen molar-refractivity contribution in [1.82, 2.24) is 10.3 Å². The fourth-order valence-electron chi connectivity index (χ4n) is 1.75. The van der Waals surface area contributed by atoms with Crippen molar-refractivity contribution in [3.63, 3.8) is 0 Å². The van der Waals surface area contributed by atoms with E-state index in [-0.39, 0.29) is 11.7 Å². The number of aromatic nitrogens is 1. The fourth-order valence-corrected chi connectivity index (χ4v) is 1.93. The lowest BCUT2D eigenvalue weighted by Crippen LogP contribution is -2.23. The summed E-state index contributed by atoms with van der Waals surface area (Å²) in [5, 5.41) is 2.80. The number of amides is 1. The summed E-state index contributed by atoms with van der Waals surface area (Å²) in [4.78, 5) is 16.0. The van der Waals surface area contributed by atoms with E-state index in [1.165, 1.54) is 0 Å². The van der Waals surface area contributed by atoms with E-state index in [4.69, 9.17) is 16.0 Å². The molecule has 0 fully saturated rings. The van der Waals surface area contributed by atoms with Gasteiger partial charge in [-0.3, -0.25) is 4.79 Å². The van der Waals surface area contributed by atoms with Crippen molar-refractivity contribution >= 4 is 17.5 Å². The molecule has 0 aliphatic heterocycles. The lowest BCUT2D eigenvalue weighted by Gasteiger charge is -2.04. The van der Waals surface area contributed by atoms with Gasteiger partial charge in [0.2, 0.25) is 5.76 Å². The summed E-state index contributed by atoms with van der Waals surface area (Å²) < 4.78 is 5.26. The molecule has 1 aromatic carbocycles. The van der Waals surface area contributed by atoms with Crippen LogP contribution in [0.5, 0.6) is 0 Å². The summed E-state index contributed by atoms with van der Waals surface area (Å²) >= 11 is 5.72. The van der Waals surface area contributed by atoms with Crippen molar-refractivity contribution in [3.8, 4) is 0 Å². The first-order chi connectivity index (χ1) is 9.10. The lowest BCUT2D eigenvalue weighted by atomic mass is 10.1. The van der Waals surface area contributed by atoms with Crippen LogP contribution in [0.3, 0.4) is 0 Å². The van der Waals surface area contributed by atoms with Crippen LogP contribution in [0.15, 0.2) is 28.7 Å². The van der Waals surface area contributed by atoms with E-state index >= 15 is 0 Å². The second kappa shape index (κ2) is 5.89. The molecule has 1 aromatic heterocycles. The topological polar surface area (TPSA) is 55.1 Å². The molecule has 0 bridgehead atoms. The third-order valence-corrected chi connectivity index (χ3v) is 3.05. The van der Waals surface area contributed by atoms with E-state index in [1.807, 2.05) is 24.3 Å². The first kappa shape index (κ1) is 13.6. The second-order valence-corrected chi connectivity index (χ2v) is 4.55. The predicted octanol–water partition coefficient (Wildman–Crippen LogP) is 2.96. The predicted molar refractivity (Wildman–Crippen MR) is 73.1 cm³/mol. The van der Waals surface area contributed by atoms with Crippen LogP contribution < -0.4 is 5.32 Å². The summed E-state index contributed by atoms with van der Waals surface area (Å²) in [6, 6.07) is 7.77. The molecule has 1 heterocycles. The van der Waals surface area contributed by atoms with Crippen molar-refractivity contribution in [2.45, 2.75) is 26.3 Å². The van der Waals surface area contributed by atoms with Crippen molar-refractivity contribution in [3.05, 3.63) is 52.7 Å². The molecule has 0 spiro atoms. The van der Waals surface area contributed by atoms with Crippen LogP contribution in [0, 0.1) is 13.8 Å². The molecule has 0 atom stereocenters. The van der Waals surface area contributed by atoms with Crippen molar-refractivity contribution in [1.29, 1.82) is 0 Å². The lowest BCUT2D eigenvalue weighted by molar-refractivity contribution is 0.0921. The minimum atomic E-state index is -0.250. The van der Waals surface area contributed by atoms with Gasteiger partial charge in [-0.25, -0.2) is 4.98 Å². The number of rotatable bonds is 4. The first-order valence-electron chi connectivity index (χ1n) is 5.96. The SMILES string of the molecule is Cc1nc(C)c(C(=O)NCc2ccc(CCl)cc2)o1. The maximum absolute atomic E-state index is 11.9. The van der Waals surface area contributed by atoms with Gasteiger partial charge < -0.3 is 9.73 Å². The zero-order valence-corrected chi connectivity index (χ0v) is 11.6. The summed E-state index contributed by atoms with van der Waals surface area (Å²) in [6.45, 7) is 3.91. The molecular weight excluding hydrogens is 264 g/mol. The Bertz CT molecular complexity index is 576. The van der Waals surface area contributed by atoms with Gasteiger partial charge in [0.1, 0.15) is 0 Å². The van der Waals surface area contributed by atoms with Crippen molar-refractivity contribution in [2.24, 2.45) is 0 Å². The number of oxazole rings is 1. The van der Waals surface area contributed by atoms with E-state index in [9.17, 15) is 4.79 Å².